The number of esters is 1. The first-order chi connectivity index (χ1) is 18.2. The normalized spacial score (nSPS) is 19.9. The third kappa shape index (κ3) is 4.67. The van der Waals surface area contributed by atoms with Gasteiger partial charge in [0, 0.05) is 36.2 Å². The lowest BCUT2D eigenvalue weighted by Crippen LogP contribution is -2.58. The third-order valence-corrected chi connectivity index (χ3v) is 10.8. The zero-order valence-electron chi connectivity index (χ0n) is 22.6. The number of thiocarbonyl (C=S) groups is 1. The number of aliphatic imine (C=N–C) groups is 1. The van der Waals surface area contributed by atoms with Crippen molar-refractivity contribution in [2.45, 2.75) is 63.2 Å². The molecule has 2 aliphatic heterocycles. The minimum Gasteiger partial charge on any atom is -0.426 e. The molecule has 0 aliphatic carbocycles. The van der Waals surface area contributed by atoms with Crippen molar-refractivity contribution in [2.24, 2.45) is 4.99 Å². The lowest BCUT2D eigenvalue weighted by Gasteiger charge is -2.45. The van der Waals surface area contributed by atoms with Gasteiger partial charge in [-0.2, -0.15) is 0 Å². The molecule has 0 saturated carbocycles. The third-order valence-electron chi connectivity index (χ3n) is 8.08. The Bertz CT molecular complexity index is 1430. The monoisotopic (exact) mass is 562 g/mol. The second kappa shape index (κ2) is 10.7. The minimum absolute atomic E-state index is 0.102. The van der Waals surface area contributed by atoms with Crippen LogP contribution in [0.5, 0.6) is 5.75 Å². The van der Waals surface area contributed by atoms with E-state index in [0.717, 1.165) is 45.0 Å². The Morgan fingerprint density at radius 1 is 1.18 bits per heavy atom. The number of thioether (sulfide) groups is 2. The molecule has 198 valence electrons. The lowest BCUT2D eigenvalue weighted by molar-refractivity contribution is -0.133. The fourth-order valence-corrected chi connectivity index (χ4v) is 8.34. The Kier molecular flexibility index (Phi) is 7.64. The molecule has 0 aromatic heterocycles. The van der Waals surface area contributed by atoms with E-state index in [1.54, 1.807) is 11.8 Å². The van der Waals surface area contributed by atoms with Crippen molar-refractivity contribution in [1.82, 2.24) is 0 Å². The molecule has 0 radical (unpaired) electrons. The van der Waals surface area contributed by atoms with Crippen molar-refractivity contribution in [3.8, 4) is 5.75 Å². The molecule has 0 fully saturated rings. The van der Waals surface area contributed by atoms with Gasteiger partial charge in [0.2, 0.25) is 0 Å². The van der Waals surface area contributed by atoms with Gasteiger partial charge in [-0.1, -0.05) is 87.6 Å². The van der Waals surface area contributed by atoms with Crippen molar-refractivity contribution in [3.05, 3.63) is 65.7 Å². The largest absolute Gasteiger partial charge is 0.426 e. The van der Waals surface area contributed by atoms with Crippen LogP contribution < -0.4 is 9.64 Å². The number of anilines is 1. The van der Waals surface area contributed by atoms with Crippen LogP contribution in [0.3, 0.4) is 0 Å². The predicted octanol–water partition coefficient (Wildman–Crippen LogP) is 8.11. The van der Waals surface area contributed by atoms with Crippen molar-refractivity contribution in [3.63, 3.8) is 0 Å². The molecule has 4 nitrogen and oxygen atoms in total. The Morgan fingerprint density at radius 2 is 1.95 bits per heavy atom. The van der Waals surface area contributed by atoms with Crippen molar-refractivity contribution in [1.29, 1.82) is 0 Å². The number of ether oxygens (including phenoxy) is 1. The van der Waals surface area contributed by atoms with Gasteiger partial charge < -0.3 is 9.64 Å². The SMILES string of the molecule is CCCCSC(=S)SC(C)C(=O)Oc1ccc2ccc3c(c2c1)N=CC1(C3)N(C)c2ccccc2C1(C)C. The van der Waals surface area contributed by atoms with Gasteiger partial charge in [0.1, 0.15) is 14.5 Å². The summed E-state index contributed by atoms with van der Waals surface area (Å²) >= 11 is 8.49. The number of para-hydroxylation sites is 1. The van der Waals surface area contributed by atoms with Crippen LogP contribution in [0.4, 0.5) is 11.4 Å². The van der Waals surface area contributed by atoms with Gasteiger partial charge in [0.15, 0.2) is 0 Å². The number of nitrogens with zero attached hydrogens (tertiary/aromatic N) is 2. The van der Waals surface area contributed by atoms with Crippen LogP contribution in [0, 0.1) is 0 Å². The van der Waals surface area contributed by atoms with Gasteiger partial charge >= 0.3 is 5.97 Å². The van der Waals surface area contributed by atoms with Gasteiger partial charge in [-0.3, -0.25) is 9.79 Å². The number of likely N-dealkylation sites (N-methyl/N-ethyl adjacent to an activating group) is 1. The molecule has 0 saturated heterocycles. The van der Waals surface area contributed by atoms with Crippen LogP contribution >= 0.6 is 35.7 Å². The zero-order chi connectivity index (χ0) is 27.1. The molecule has 0 amide bonds. The molecule has 3 aromatic rings. The first-order valence-electron chi connectivity index (χ1n) is 13.2. The van der Waals surface area contributed by atoms with Crippen LogP contribution in [0.25, 0.3) is 10.8 Å². The number of fused-ring (bicyclic) bond motifs is 4. The molecule has 7 heteroatoms. The van der Waals surface area contributed by atoms with Crippen LogP contribution in [-0.2, 0) is 16.6 Å². The summed E-state index contributed by atoms with van der Waals surface area (Å²) in [6.45, 7) is 8.65. The van der Waals surface area contributed by atoms with E-state index in [4.69, 9.17) is 21.9 Å². The molecule has 5 rings (SSSR count). The molecule has 2 heterocycles. The van der Waals surface area contributed by atoms with E-state index in [0.29, 0.717) is 5.75 Å². The number of hydrogen-bond donors (Lipinski definition) is 0. The lowest BCUT2D eigenvalue weighted by atomic mass is 9.67. The highest BCUT2D eigenvalue weighted by atomic mass is 32.2. The van der Waals surface area contributed by atoms with E-state index in [9.17, 15) is 4.79 Å². The first kappa shape index (κ1) is 27.2. The molecule has 1 spiro atoms. The predicted molar refractivity (Wildman–Crippen MR) is 169 cm³/mol. The summed E-state index contributed by atoms with van der Waals surface area (Å²) < 4.78 is 6.59. The molecular weight excluding hydrogens is 529 g/mol. The van der Waals surface area contributed by atoms with E-state index in [-0.39, 0.29) is 22.2 Å². The Labute approximate surface area is 239 Å². The molecule has 0 bridgehead atoms. The highest BCUT2D eigenvalue weighted by Crippen LogP contribution is 2.54. The Hall–Kier alpha value is -2.35. The first-order valence-corrected chi connectivity index (χ1v) is 15.4. The Balaban J connectivity index is 1.39. The van der Waals surface area contributed by atoms with Crippen molar-refractivity contribution >= 4 is 73.6 Å². The molecule has 2 unspecified atom stereocenters. The van der Waals surface area contributed by atoms with E-state index >= 15 is 0 Å². The minimum atomic E-state index is -0.364. The summed E-state index contributed by atoms with van der Waals surface area (Å²) in [4.78, 5) is 20.3. The van der Waals surface area contributed by atoms with Crippen LogP contribution in [0.2, 0.25) is 0 Å². The summed E-state index contributed by atoms with van der Waals surface area (Å²) in [5.74, 6) is 1.24. The van der Waals surface area contributed by atoms with Crippen molar-refractivity contribution < 1.29 is 9.53 Å². The fraction of sp³-hybridized carbons (Fsp3) is 0.387. The van der Waals surface area contributed by atoms with Gasteiger partial charge in [-0.05, 0) is 53.8 Å². The Morgan fingerprint density at radius 3 is 2.71 bits per heavy atom. The van der Waals surface area contributed by atoms with Gasteiger partial charge in [-0.15, -0.1) is 11.8 Å². The van der Waals surface area contributed by atoms with E-state index in [2.05, 4.69) is 75.3 Å². The molecule has 2 aliphatic rings. The van der Waals surface area contributed by atoms with Crippen LogP contribution in [-0.4, -0.2) is 39.3 Å². The quantitative estimate of drug-likeness (QED) is 0.131. The number of rotatable bonds is 6. The number of carbonyl (C=O) groups excluding carboxylic acids is 1. The fourth-order valence-electron chi connectivity index (χ4n) is 5.67. The maximum absolute atomic E-state index is 12.8. The molecule has 2 atom stereocenters. The van der Waals surface area contributed by atoms with Crippen LogP contribution in [0.15, 0.2) is 59.6 Å². The van der Waals surface area contributed by atoms with Gasteiger partial charge in [0.25, 0.3) is 0 Å². The average Bonchev–Trinajstić information content (AvgIpc) is 3.06. The number of carbonyl (C=O) groups is 1. The summed E-state index contributed by atoms with van der Waals surface area (Å²) in [5, 5.41) is 1.72. The molecule has 38 heavy (non-hydrogen) atoms. The number of unbranched alkanes of at least 4 members (excludes halogenated alkanes) is 1. The second-order valence-corrected chi connectivity index (χ2v) is 14.3. The number of benzene rings is 3. The molecule has 3 aromatic carbocycles. The van der Waals surface area contributed by atoms with E-state index < -0.39 is 0 Å². The maximum Gasteiger partial charge on any atom is 0.324 e. The standard InChI is InChI=1S/C31H34N2O2S3/c1-6-7-16-37-29(36)38-20(2)28(34)35-23-15-14-21-12-13-22-18-31(19-32-27(22)24(21)17-23)30(3,4)25-10-8-9-11-26(25)33(31)5/h8-15,17,19-20H,6-7,16,18H2,1-5H3. The highest BCUT2D eigenvalue weighted by molar-refractivity contribution is 8.47. The van der Waals surface area contributed by atoms with Gasteiger partial charge in [0.05, 0.1) is 11.2 Å². The topological polar surface area (TPSA) is 41.9 Å². The van der Waals surface area contributed by atoms with E-state index in [1.807, 2.05) is 25.1 Å². The maximum atomic E-state index is 12.8. The summed E-state index contributed by atoms with van der Waals surface area (Å²) in [6, 6.07) is 18.8. The highest BCUT2D eigenvalue weighted by Gasteiger charge is 2.55. The molecule has 0 N–H and O–H groups in total. The smallest absolute Gasteiger partial charge is 0.324 e. The van der Waals surface area contributed by atoms with Crippen molar-refractivity contribution in [2.75, 3.05) is 17.7 Å². The summed E-state index contributed by atoms with van der Waals surface area (Å²) in [5.41, 5.74) is 4.42. The summed E-state index contributed by atoms with van der Waals surface area (Å²) in [6.07, 6.45) is 5.25. The van der Waals surface area contributed by atoms with Gasteiger partial charge in [-0.25, -0.2) is 0 Å². The average molecular weight is 563 g/mol. The number of hydrogen-bond acceptors (Lipinski definition) is 7. The van der Waals surface area contributed by atoms with Crippen LogP contribution in [0.1, 0.15) is 51.7 Å². The second-order valence-electron chi connectivity index (χ2n) is 10.6. The molecular formula is C31H34N2O2S3. The summed E-state index contributed by atoms with van der Waals surface area (Å²) in [7, 11) is 2.18. The zero-order valence-corrected chi connectivity index (χ0v) is 25.1. The van der Waals surface area contributed by atoms with E-state index in [1.165, 1.54) is 28.6 Å².